The molecular weight excluding hydrogens is 547 g/mol. The molecule has 1 N–H and O–H groups in total. The summed E-state index contributed by atoms with van der Waals surface area (Å²) in [5.41, 5.74) is 1.48. The van der Waals surface area contributed by atoms with E-state index in [9.17, 15) is 8.78 Å². The molecule has 0 radical (unpaired) electrons. The van der Waals surface area contributed by atoms with E-state index in [0.29, 0.717) is 52.5 Å². The summed E-state index contributed by atoms with van der Waals surface area (Å²) in [6.45, 7) is 2.83. The lowest BCUT2D eigenvalue weighted by Gasteiger charge is -2.35. The molecular formula is C35H30F3N5. The number of anilines is 1. The van der Waals surface area contributed by atoms with Gasteiger partial charge in [0.05, 0.1) is 16.8 Å². The van der Waals surface area contributed by atoms with Crippen molar-refractivity contribution >= 4 is 27.4 Å². The van der Waals surface area contributed by atoms with Gasteiger partial charge >= 0.3 is 0 Å². The monoisotopic (exact) mass is 577 g/mol. The zero-order valence-electron chi connectivity index (χ0n) is 23.6. The van der Waals surface area contributed by atoms with Crippen LogP contribution in [0.5, 0.6) is 0 Å². The first-order valence-electron chi connectivity index (χ1n) is 15.0. The van der Waals surface area contributed by atoms with Crippen molar-refractivity contribution in [3.63, 3.8) is 0 Å². The third kappa shape index (κ3) is 4.27. The van der Waals surface area contributed by atoms with Gasteiger partial charge in [-0.2, -0.15) is 0 Å². The van der Waals surface area contributed by atoms with Gasteiger partial charge in [0.1, 0.15) is 28.9 Å². The van der Waals surface area contributed by atoms with Crippen LogP contribution in [0.25, 0.3) is 32.9 Å². The van der Waals surface area contributed by atoms with Crippen LogP contribution in [0, 0.1) is 35.8 Å². The van der Waals surface area contributed by atoms with Crippen molar-refractivity contribution in [2.45, 2.75) is 55.9 Å². The summed E-state index contributed by atoms with van der Waals surface area (Å²) in [6, 6.07) is 10.9. The number of pyridine rings is 2. The number of halogens is 3. The maximum absolute atomic E-state index is 16.7. The predicted octanol–water partition coefficient (Wildman–Crippen LogP) is 5.58. The van der Waals surface area contributed by atoms with E-state index in [1.165, 1.54) is 6.07 Å². The van der Waals surface area contributed by atoms with Crippen molar-refractivity contribution in [2.24, 2.45) is 0 Å². The van der Waals surface area contributed by atoms with Crippen LogP contribution >= 0.6 is 0 Å². The summed E-state index contributed by atoms with van der Waals surface area (Å²) in [5, 5.41) is 5.39. The van der Waals surface area contributed by atoms with Crippen LogP contribution in [0.2, 0.25) is 0 Å². The van der Waals surface area contributed by atoms with Crippen LogP contribution in [0.15, 0.2) is 42.6 Å². The Labute approximate surface area is 248 Å². The number of nitrogens with one attached hydrogen (secondary N) is 1. The van der Waals surface area contributed by atoms with Crippen LogP contribution in [0.1, 0.15) is 43.4 Å². The number of terminal acetylenes is 1. The average molecular weight is 578 g/mol. The fourth-order valence-electron chi connectivity index (χ4n) is 7.81. The minimum Gasteiger partial charge on any atom is -0.368 e. The van der Waals surface area contributed by atoms with Crippen molar-refractivity contribution < 1.29 is 13.2 Å². The summed E-state index contributed by atoms with van der Waals surface area (Å²) in [4.78, 5) is 13.8. The average Bonchev–Trinajstić information content (AvgIpc) is 3.66. The van der Waals surface area contributed by atoms with Crippen LogP contribution < -0.4 is 10.2 Å². The zero-order chi connectivity index (χ0) is 29.3. The van der Waals surface area contributed by atoms with Crippen molar-refractivity contribution in [2.75, 3.05) is 31.1 Å². The Balaban J connectivity index is 1.32. The van der Waals surface area contributed by atoms with Crippen LogP contribution in [0.4, 0.5) is 18.9 Å². The van der Waals surface area contributed by atoms with Crippen LogP contribution in [0.3, 0.4) is 0 Å². The van der Waals surface area contributed by atoms with Gasteiger partial charge in [0.2, 0.25) is 0 Å². The zero-order valence-corrected chi connectivity index (χ0v) is 23.6. The van der Waals surface area contributed by atoms with Gasteiger partial charge in [-0.3, -0.25) is 9.88 Å². The van der Waals surface area contributed by atoms with E-state index in [1.807, 2.05) is 12.1 Å². The van der Waals surface area contributed by atoms with E-state index in [2.05, 4.69) is 37.9 Å². The Morgan fingerprint density at radius 1 is 1.07 bits per heavy atom. The molecule has 5 nitrogen and oxygen atoms in total. The Morgan fingerprint density at radius 3 is 2.72 bits per heavy atom. The summed E-state index contributed by atoms with van der Waals surface area (Å²) < 4.78 is 45.9. The number of rotatable bonds is 2. The predicted molar refractivity (Wildman–Crippen MR) is 162 cm³/mol. The van der Waals surface area contributed by atoms with E-state index in [0.717, 1.165) is 51.0 Å². The maximum atomic E-state index is 16.7. The fourth-order valence-corrected chi connectivity index (χ4v) is 7.81. The highest BCUT2D eigenvalue weighted by molar-refractivity contribution is 6.02. The Bertz CT molecular complexity index is 1890. The largest absolute Gasteiger partial charge is 0.368 e. The smallest absolute Gasteiger partial charge is 0.175 e. The standard InChI is InChI=1S/C35H30F3N5/c1-2-26-29(37)10-7-21-5-3-6-27(31(21)26)33-32(38)34-28(17-39-33)30(42-19-24-8-9-25(20-42)40-24)15-23(41-34)11-13-35-12-4-14-43(35)18-22(36)16-35/h1,3,5-7,10,15,17,22,24-25,40H,4,8-9,12,14,16,18-20H2. The number of hydrogen-bond acceptors (Lipinski definition) is 5. The topological polar surface area (TPSA) is 44.3 Å². The van der Waals surface area contributed by atoms with Crippen LogP contribution in [-0.4, -0.2) is 64.8 Å². The number of piperazine rings is 1. The maximum Gasteiger partial charge on any atom is 0.175 e. The van der Waals surface area contributed by atoms with Crippen molar-refractivity contribution in [3.05, 3.63) is 65.5 Å². The summed E-state index contributed by atoms with van der Waals surface area (Å²) in [7, 11) is 0. The van der Waals surface area contributed by atoms with E-state index < -0.39 is 23.3 Å². The molecule has 216 valence electrons. The fraction of sp³-hybridized carbons (Fsp3) is 0.371. The summed E-state index contributed by atoms with van der Waals surface area (Å²) in [5.74, 6) is 7.92. The third-order valence-corrected chi connectivity index (χ3v) is 9.75. The molecule has 0 aliphatic carbocycles. The Hall–Kier alpha value is -4.11. The molecule has 2 aromatic heterocycles. The quantitative estimate of drug-likeness (QED) is 0.316. The molecule has 4 aromatic rings. The Kier molecular flexibility index (Phi) is 6.15. The van der Waals surface area contributed by atoms with E-state index in [1.54, 1.807) is 24.4 Å². The molecule has 4 aliphatic rings. The van der Waals surface area contributed by atoms with E-state index in [4.69, 9.17) is 11.4 Å². The molecule has 0 amide bonds. The third-order valence-electron chi connectivity index (χ3n) is 9.75. The number of hydrogen-bond donors (Lipinski definition) is 1. The lowest BCUT2D eigenvalue weighted by Crippen LogP contribution is -2.51. The number of fused-ring (bicyclic) bond motifs is 5. The SMILES string of the molecule is C#Cc1c(F)ccc2cccc(-c3ncc4c(N5CC6CCC(C5)N6)cc(C#CC56CCCN5CC(F)C6)nc4c3F)c12. The van der Waals surface area contributed by atoms with Gasteiger partial charge in [0.15, 0.2) is 5.82 Å². The van der Waals surface area contributed by atoms with Crippen molar-refractivity contribution in [1.29, 1.82) is 0 Å². The van der Waals surface area contributed by atoms with Gasteiger partial charge < -0.3 is 10.2 Å². The lowest BCUT2D eigenvalue weighted by atomic mass is 9.94. The van der Waals surface area contributed by atoms with Gasteiger partial charge in [-0.1, -0.05) is 36.1 Å². The molecule has 4 atom stereocenters. The summed E-state index contributed by atoms with van der Waals surface area (Å²) >= 11 is 0. The lowest BCUT2D eigenvalue weighted by molar-refractivity contribution is 0.255. The highest BCUT2D eigenvalue weighted by atomic mass is 19.1. The van der Waals surface area contributed by atoms with Gasteiger partial charge in [0.25, 0.3) is 0 Å². The van der Waals surface area contributed by atoms with Crippen molar-refractivity contribution in [1.82, 2.24) is 20.2 Å². The molecule has 8 heteroatoms. The molecule has 2 aromatic carbocycles. The van der Waals surface area contributed by atoms with E-state index in [-0.39, 0.29) is 16.8 Å². The molecule has 4 saturated heterocycles. The molecule has 0 saturated carbocycles. The first kappa shape index (κ1) is 26.5. The first-order chi connectivity index (χ1) is 20.9. The molecule has 8 rings (SSSR count). The normalized spacial score (nSPS) is 26.5. The number of benzene rings is 2. The molecule has 4 fully saturated rings. The van der Waals surface area contributed by atoms with Gasteiger partial charge in [0, 0.05) is 60.7 Å². The Morgan fingerprint density at radius 2 is 1.91 bits per heavy atom. The number of aromatic nitrogens is 2. The molecule has 4 unspecified atom stereocenters. The molecule has 6 heterocycles. The molecule has 4 aliphatic heterocycles. The van der Waals surface area contributed by atoms with Crippen LogP contribution in [-0.2, 0) is 0 Å². The van der Waals surface area contributed by atoms with Gasteiger partial charge in [-0.15, -0.1) is 6.42 Å². The second-order valence-corrected chi connectivity index (χ2v) is 12.4. The molecule has 43 heavy (non-hydrogen) atoms. The minimum absolute atomic E-state index is 0.0563. The van der Waals surface area contributed by atoms with Gasteiger partial charge in [-0.05, 0) is 55.7 Å². The first-order valence-corrected chi connectivity index (χ1v) is 15.0. The second-order valence-electron chi connectivity index (χ2n) is 12.4. The summed E-state index contributed by atoms with van der Waals surface area (Å²) in [6.07, 6.45) is 10.9. The van der Waals surface area contributed by atoms with E-state index >= 15 is 4.39 Å². The van der Waals surface area contributed by atoms with Crippen molar-refractivity contribution in [3.8, 4) is 35.4 Å². The second kappa shape index (κ2) is 9.98. The highest BCUT2D eigenvalue weighted by Crippen LogP contribution is 2.40. The highest BCUT2D eigenvalue weighted by Gasteiger charge is 2.47. The van der Waals surface area contributed by atoms with Gasteiger partial charge in [-0.25, -0.2) is 18.2 Å². The number of alkyl halides is 1. The molecule has 0 spiro atoms. The number of nitrogens with zero attached hydrogens (tertiary/aromatic N) is 4. The molecule has 2 bridgehead atoms. The minimum atomic E-state index is -0.893.